The lowest BCUT2D eigenvalue weighted by molar-refractivity contribution is -0.119. The Kier molecular flexibility index (Phi) is 6.45. The zero-order valence-corrected chi connectivity index (χ0v) is 19.6. The molecule has 0 aliphatic carbocycles. The molecule has 1 fully saturated rings. The number of fused-ring (bicyclic) bond motifs is 1. The van der Waals surface area contributed by atoms with Gasteiger partial charge in [0.15, 0.2) is 5.69 Å². The number of allylic oxidation sites excluding steroid dienone is 1. The van der Waals surface area contributed by atoms with Crippen molar-refractivity contribution >= 4 is 47.0 Å². The van der Waals surface area contributed by atoms with E-state index in [9.17, 15) is 24.3 Å². The van der Waals surface area contributed by atoms with Crippen molar-refractivity contribution in [3.05, 3.63) is 34.5 Å². The largest absolute Gasteiger partial charge is 0.537 e. The van der Waals surface area contributed by atoms with Crippen molar-refractivity contribution < 1.29 is 33.8 Å². The van der Waals surface area contributed by atoms with Crippen LogP contribution >= 0.6 is 11.6 Å². The zero-order valence-electron chi connectivity index (χ0n) is 18.9. The number of likely N-dealkylation sites (tertiary alicyclic amines) is 1. The van der Waals surface area contributed by atoms with Gasteiger partial charge in [-0.15, -0.1) is 0 Å². The number of imide groups is 1. The van der Waals surface area contributed by atoms with Gasteiger partial charge in [0.2, 0.25) is 11.5 Å². The maximum Gasteiger partial charge on any atom is 0.537 e. The molecule has 2 heterocycles. The van der Waals surface area contributed by atoms with E-state index in [1.54, 1.807) is 20.8 Å². The molecule has 3 amide bonds. The fourth-order valence-electron chi connectivity index (χ4n) is 4.09. The summed E-state index contributed by atoms with van der Waals surface area (Å²) in [7, 11) is 0. The molecule has 33 heavy (non-hydrogen) atoms. The fourth-order valence-corrected chi connectivity index (χ4v) is 4.26. The van der Waals surface area contributed by atoms with Crippen molar-refractivity contribution in [1.29, 1.82) is 0 Å². The van der Waals surface area contributed by atoms with Gasteiger partial charge in [-0.1, -0.05) is 16.1 Å². The minimum absolute atomic E-state index is 0.00404. The Balaban J connectivity index is 2.04. The number of hydrogen-bond donors (Lipinski definition) is 2. The molecule has 3 N–H and O–H groups in total. The number of ketones is 1. The molecule has 0 aromatic heterocycles. The number of benzene rings is 1. The quantitative estimate of drug-likeness (QED) is 0.620. The summed E-state index contributed by atoms with van der Waals surface area (Å²) in [5, 5.41) is 10.5. The zero-order chi connectivity index (χ0) is 24.7. The molecule has 11 heteroatoms. The number of carboxylic acid groups (broad SMARTS) is 1. The molecule has 0 radical (unpaired) electrons. The molecule has 2 atom stereocenters. The van der Waals surface area contributed by atoms with E-state index in [-0.39, 0.29) is 48.1 Å². The first-order chi connectivity index (χ1) is 15.3. The Labute approximate surface area is 196 Å². The third kappa shape index (κ3) is 4.16. The van der Waals surface area contributed by atoms with E-state index >= 15 is 0 Å². The van der Waals surface area contributed by atoms with Crippen LogP contribution in [0.5, 0.6) is 0 Å². The molecule has 1 aromatic rings. The summed E-state index contributed by atoms with van der Waals surface area (Å²) in [6, 6.07) is 4.16. The average molecular weight is 481 g/mol. The van der Waals surface area contributed by atoms with Crippen molar-refractivity contribution in [1.82, 2.24) is 9.38 Å². The van der Waals surface area contributed by atoms with E-state index in [1.165, 1.54) is 30.0 Å². The molecule has 10 nitrogen and oxygen atoms in total. The molecule has 178 valence electrons. The summed E-state index contributed by atoms with van der Waals surface area (Å²) in [4.78, 5) is 53.1. The summed E-state index contributed by atoms with van der Waals surface area (Å²) < 4.78 is 8.92. The van der Waals surface area contributed by atoms with Crippen molar-refractivity contribution in [2.45, 2.75) is 39.7 Å². The molecule has 1 saturated heterocycles. The second kappa shape index (κ2) is 8.68. The third-order valence-corrected chi connectivity index (χ3v) is 5.71. The predicted molar refractivity (Wildman–Crippen MR) is 120 cm³/mol. The molecule has 0 spiro atoms. The van der Waals surface area contributed by atoms with Crippen molar-refractivity contribution in [2.75, 3.05) is 19.7 Å². The van der Waals surface area contributed by atoms with Gasteiger partial charge in [-0.2, -0.15) is 9.59 Å². The van der Waals surface area contributed by atoms with E-state index in [0.29, 0.717) is 0 Å². The summed E-state index contributed by atoms with van der Waals surface area (Å²) in [5.74, 6) is -1.43. The molecule has 3 rings (SSSR count). The van der Waals surface area contributed by atoms with Crippen LogP contribution < -0.4 is 10.2 Å². The van der Waals surface area contributed by atoms with Crippen molar-refractivity contribution in [2.24, 2.45) is 11.7 Å². The number of hydrogen-bond acceptors (Lipinski definition) is 7. The number of halogens is 1. The van der Waals surface area contributed by atoms with Gasteiger partial charge >= 0.3 is 18.3 Å². The Morgan fingerprint density at radius 1 is 1.27 bits per heavy atom. The van der Waals surface area contributed by atoms with Gasteiger partial charge in [-0.25, -0.2) is 4.79 Å². The van der Waals surface area contributed by atoms with Gasteiger partial charge in [-0.3, -0.25) is 4.79 Å². The lowest BCUT2D eigenvalue weighted by atomic mass is 9.98. The minimum atomic E-state index is -1.64. The Bertz CT molecular complexity index is 1060. The van der Waals surface area contributed by atoms with Crippen LogP contribution in [0, 0.1) is 5.92 Å². The molecular weight excluding hydrogens is 454 g/mol. The number of amides is 3. The number of carbonyl (C=O) groups excluding carboxylic acids is 3. The molecule has 2 aliphatic rings. The van der Waals surface area contributed by atoms with Crippen LogP contribution in [-0.2, 0) is 14.3 Å². The lowest BCUT2D eigenvalue weighted by Gasteiger charge is -2.27. The highest BCUT2D eigenvalue weighted by Gasteiger charge is 2.63. The molecule has 0 saturated carbocycles. The average Bonchev–Trinajstić information content (AvgIpc) is 3.29. The third-order valence-electron chi connectivity index (χ3n) is 5.47. The van der Waals surface area contributed by atoms with Crippen LogP contribution in [0.3, 0.4) is 0 Å². The second-order valence-electron chi connectivity index (χ2n) is 8.85. The van der Waals surface area contributed by atoms with Crippen LogP contribution in [0.1, 0.15) is 39.7 Å². The molecular formula is C22H27ClN3O7+. The normalized spacial score (nSPS) is 22.2. The topological polar surface area (TPSA) is 136 Å². The first-order valence-electron chi connectivity index (χ1n) is 10.5. The van der Waals surface area contributed by atoms with Gasteiger partial charge in [0.05, 0.1) is 12.2 Å². The highest BCUT2D eigenvalue weighted by molar-refractivity contribution is 6.31. The second-order valence-corrected chi connectivity index (χ2v) is 9.29. The maximum atomic E-state index is 13.7. The van der Waals surface area contributed by atoms with Crippen LogP contribution in [0.25, 0.3) is 5.70 Å². The first kappa shape index (κ1) is 24.5. The standard InChI is InChI=1S/C22H26ClN3O7/c1-5-32-21(31)26(20(29)30)15-7-6-13(23)10-14(15)16(24)17(26)18(27)12-8-9-25(11-12)19(28)33-22(2,3)4/h6-7,10,12H,5,8-9,11H2,1-4H3,(H2-,24,27,29,30)/p+1. The van der Waals surface area contributed by atoms with Crippen LogP contribution in [0.2, 0.25) is 5.02 Å². The first-order valence-corrected chi connectivity index (χ1v) is 10.8. The number of ether oxygens (including phenoxy) is 2. The molecule has 1 aromatic carbocycles. The molecule has 0 bridgehead atoms. The number of nitrogens with zero attached hydrogens (tertiary/aromatic N) is 2. The van der Waals surface area contributed by atoms with E-state index in [4.69, 9.17) is 26.8 Å². The monoisotopic (exact) mass is 480 g/mol. The van der Waals surface area contributed by atoms with E-state index in [0.717, 1.165) is 0 Å². The molecule has 2 unspecified atom stereocenters. The minimum Gasteiger partial charge on any atom is -0.444 e. The number of quaternary nitrogens is 1. The number of rotatable bonds is 3. The fraction of sp³-hybridized carbons (Fsp3) is 0.455. The van der Waals surface area contributed by atoms with Crippen molar-refractivity contribution in [3.8, 4) is 0 Å². The number of carbonyl (C=O) groups is 4. The smallest absolute Gasteiger partial charge is 0.444 e. The Morgan fingerprint density at radius 3 is 2.52 bits per heavy atom. The van der Waals surface area contributed by atoms with Crippen LogP contribution in [0.15, 0.2) is 23.9 Å². The maximum absolute atomic E-state index is 13.7. The Morgan fingerprint density at radius 2 is 1.94 bits per heavy atom. The molecule has 2 aliphatic heterocycles. The van der Waals surface area contributed by atoms with Crippen LogP contribution in [0.4, 0.5) is 20.1 Å². The van der Waals surface area contributed by atoms with Gasteiger partial charge in [0.1, 0.15) is 11.3 Å². The SMILES string of the molecule is CCOC(=O)[N+]1(C(=O)O)C(C(=O)C2CCN(C(=O)OC(C)(C)C)C2)=C(N)c2cc(Cl)ccc21. The van der Waals surface area contributed by atoms with E-state index in [1.807, 2.05) is 0 Å². The lowest BCUT2D eigenvalue weighted by Crippen LogP contribution is -2.58. The number of nitrogens with two attached hydrogens (primary N) is 1. The summed E-state index contributed by atoms with van der Waals surface area (Å²) in [6.07, 6.45) is -3.12. The van der Waals surface area contributed by atoms with Gasteiger partial charge in [0, 0.05) is 30.1 Å². The van der Waals surface area contributed by atoms with Crippen molar-refractivity contribution in [3.63, 3.8) is 0 Å². The van der Waals surface area contributed by atoms with Crippen LogP contribution in [-0.4, -0.2) is 59.4 Å². The highest BCUT2D eigenvalue weighted by atomic mass is 35.5. The highest BCUT2D eigenvalue weighted by Crippen LogP contribution is 2.47. The van der Waals surface area contributed by atoms with E-state index in [2.05, 4.69) is 0 Å². The van der Waals surface area contributed by atoms with Gasteiger partial charge < -0.3 is 25.2 Å². The number of Topliss-reactive ketones (excluding diaryl/α,β-unsaturated/α-hetero) is 1. The van der Waals surface area contributed by atoms with E-state index < -0.39 is 45.8 Å². The Hall–Kier alpha value is -3.11. The summed E-state index contributed by atoms with van der Waals surface area (Å²) in [5.41, 5.74) is 5.10. The summed E-state index contributed by atoms with van der Waals surface area (Å²) >= 11 is 6.07. The van der Waals surface area contributed by atoms with Gasteiger partial charge in [0.25, 0.3) is 0 Å². The summed E-state index contributed by atoms with van der Waals surface area (Å²) in [6.45, 7) is 6.86. The van der Waals surface area contributed by atoms with Gasteiger partial charge in [-0.05, 0) is 46.2 Å². The predicted octanol–water partition coefficient (Wildman–Crippen LogP) is 3.95.